The fraction of sp³-hybridized carbons (Fsp3) is 0.385. The van der Waals surface area contributed by atoms with Gasteiger partial charge in [-0.25, -0.2) is 0 Å². The first-order chi connectivity index (χ1) is 8.56. The quantitative estimate of drug-likeness (QED) is 0.881. The van der Waals surface area contributed by atoms with Gasteiger partial charge in [0.15, 0.2) is 0 Å². The maximum absolute atomic E-state index is 11.9. The molecule has 0 aliphatic heterocycles. The van der Waals surface area contributed by atoms with E-state index >= 15 is 0 Å². The normalized spacial score (nSPS) is 16.6. The van der Waals surface area contributed by atoms with E-state index in [-0.39, 0.29) is 23.5 Å². The van der Waals surface area contributed by atoms with Gasteiger partial charge in [0.2, 0.25) is 0 Å². The van der Waals surface area contributed by atoms with Gasteiger partial charge in [0, 0.05) is 24.4 Å². The highest BCUT2D eigenvalue weighted by atomic mass is 79.9. The highest BCUT2D eigenvalue weighted by molar-refractivity contribution is 9.10. The summed E-state index contributed by atoms with van der Waals surface area (Å²) in [5, 5.41) is 12.4. The average Bonchev–Trinajstić information content (AvgIpc) is 2.35. The SMILES string of the molecule is O=C1CCC(NC(=O)c2ccc(Br)c(O)c2)CC1. The number of aromatic hydroxyl groups is 1. The summed E-state index contributed by atoms with van der Waals surface area (Å²) in [6, 6.07) is 4.76. The Morgan fingerprint density at radius 3 is 2.61 bits per heavy atom. The number of carbonyl (C=O) groups is 2. The molecule has 0 unspecified atom stereocenters. The van der Waals surface area contributed by atoms with Crippen molar-refractivity contribution in [2.75, 3.05) is 0 Å². The van der Waals surface area contributed by atoms with Gasteiger partial charge in [-0.05, 0) is 47.0 Å². The highest BCUT2D eigenvalue weighted by Crippen LogP contribution is 2.24. The molecule has 2 N–H and O–H groups in total. The van der Waals surface area contributed by atoms with Crippen LogP contribution < -0.4 is 5.32 Å². The summed E-state index contributed by atoms with van der Waals surface area (Å²) in [6.07, 6.45) is 2.48. The van der Waals surface area contributed by atoms with Crippen LogP contribution in [0.5, 0.6) is 5.75 Å². The molecule has 0 spiro atoms. The van der Waals surface area contributed by atoms with Crippen molar-refractivity contribution in [3.8, 4) is 5.75 Å². The van der Waals surface area contributed by atoms with E-state index in [2.05, 4.69) is 21.2 Å². The van der Waals surface area contributed by atoms with Crippen molar-refractivity contribution >= 4 is 27.6 Å². The number of carbonyl (C=O) groups excluding carboxylic acids is 2. The zero-order valence-electron chi connectivity index (χ0n) is 9.78. The monoisotopic (exact) mass is 311 g/mol. The third-order valence-corrected chi connectivity index (χ3v) is 3.76. The second-order valence-corrected chi connectivity index (χ2v) is 5.31. The summed E-state index contributed by atoms with van der Waals surface area (Å²) in [5.41, 5.74) is 0.424. The smallest absolute Gasteiger partial charge is 0.251 e. The van der Waals surface area contributed by atoms with Crippen LogP contribution in [0.1, 0.15) is 36.0 Å². The van der Waals surface area contributed by atoms with Crippen LogP contribution in [-0.2, 0) is 4.79 Å². The topological polar surface area (TPSA) is 66.4 Å². The first-order valence-electron chi connectivity index (χ1n) is 5.87. The lowest BCUT2D eigenvalue weighted by Gasteiger charge is -2.22. The Balaban J connectivity index is 1.99. The molecule has 0 heterocycles. The summed E-state index contributed by atoms with van der Waals surface area (Å²) in [4.78, 5) is 23.0. The maximum atomic E-state index is 11.9. The van der Waals surface area contributed by atoms with Crippen LogP contribution >= 0.6 is 15.9 Å². The van der Waals surface area contributed by atoms with E-state index in [1.807, 2.05) is 0 Å². The molecule has 1 aromatic carbocycles. The molecule has 96 valence electrons. The zero-order chi connectivity index (χ0) is 13.1. The van der Waals surface area contributed by atoms with E-state index in [9.17, 15) is 14.7 Å². The van der Waals surface area contributed by atoms with Crippen LogP contribution in [0, 0.1) is 0 Å². The fourth-order valence-electron chi connectivity index (χ4n) is 2.01. The lowest BCUT2D eigenvalue weighted by Crippen LogP contribution is -2.37. The summed E-state index contributed by atoms with van der Waals surface area (Å²) in [6.45, 7) is 0. The largest absolute Gasteiger partial charge is 0.507 e. The number of hydrogen-bond donors (Lipinski definition) is 2. The number of halogens is 1. The molecule has 5 heteroatoms. The van der Waals surface area contributed by atoms with E-state index in [0.717, 1.165) is 0 Å². The molecule has 1 saturated carbocycles. The summed E-state index contributed by atoms with van der Waals surface area (Å²) >= 11 is 3.16. The van der Waals surface area contributed by atoms with Crippen LogP contribution in [-0.4, -0.2) is 22.8 Å². The van der Waals surface area contributed by atoms with Gasteiger partial charge in [0.1, 0.15) is 11.5 Å². The van der Waals surface area contributed by atoms with Crippen LogP contribution in [0.2, 0.25) is 0 Å². The molecule has 1 fully saturated rings. The van der Waals surface area contributed by atoms with Gasteiger partial charge >= 0.3 is 0 Å². The number of phenolic OH excluding ortho intramolecular Hbond substituents is 1. The van der Waals surface area contributed by atoms with Gasteiger partial charge in [-0.2, -0.15) is 0 Å². The minimum atomic E-state index is -0.211. The summed E-state index contributed by atoms with van der Waals surface area (Å²) in [5.74, 6) is 0.0976. The van der Waals surface area contributed by atoms with Gasteiger partial charge in [-0.15, -0.1) is 0 Å². The predicted octanol–water partition coefficient (Wildman–Crippen LogP) is 2.40. The van der Waals surface area contributed by atoms with Crippen molar-refractivity contribution in [2.24, 2.45) is 0 Å². The molecule has 0 radical (unpaired) electrons. The van der Waals surface area contributed by atoms with Gasteiger partial charge in [0.25, 0.3) is 5.91 Å². The van der Waals surface area contributed by atoms with E-state index < -0.39 is 0 Å². The molecular weight excluding hydrogens is 298 g/mol. The van der Waals surface area contributed by atoms with Crippen molar-refractivity contribution in [2.45, 2.75) is 31.7 Å². The first kappa shape index (κ1) is 13.1. The Hall–Kier alpha value is -1.36. The van der Waals surface area contributed by atoms with Gasteiger partial charge in [-0.1, -0.05) is 0 Å². The number of rotatable bonds is 2. The van der Waals surface area contributed by atoms with Crippen LogP contribution in [0.4, 0.5) is 0 Å². The minimum absolute atomic E-state index is 0.0430. The van der Waals surface area contributed by atoms with Crippen molar-refractivity contribution in [1.29, 1.82) is 0 Å². The molecule has 0 saturated heterocycles. The Morgan fingerprint density at radius 1 is 1.33 bits per heavy atom. The second kappa shape index (κ2) is 5.52. The standard InChI is InChI=1S/C13H14BrNO3/c14-11-6-1-8(7-12(11)17)13(18)15-9-2-4-10(16)5-3-9/h1,6-7,9,17H,2-5H2,(H,15,18). The molecule has 4 nitrogen and oxygen atoms in total. The maximum Gasteiger partial charge on any atom is 0.251 e. The number of Topliss-reactive ketones (excluding diaryl/α,β-unsaturated/α-hetero) is 1. The third kappa shape index (κ3) is 3.10. The number of amides is 1. The summed E-state index contributed by atoms with van der Waals surface area (Å²) in [7, 11) is 0. The molecular formula is C13H14BrNO3. The van der Waals surface area contributed by atoms with Gasteiger partial charge in [-0.3, -0.25) is 9.59 Å². The molecule has 18 heavy (non-hydrogen) atoms. The van der Waals surface area contributed by atoms with Crippen LogP contribution in [0.15, 0.2) is 22.7 Å². The number of hydrogen-bond acceptors (Lipinski definition) is 3. The van der Waals surface area contributed by atoms with Gasteiger partial charge < -0.3 is 10.4 Å². The van der Waals surface area contributed by atoms with Crippen LogP contribution in [0.25, 0.3) is 0 Å². The van der Waals surface area contributed by atoms with E-state index in [0.29, 0.717) is 35.7 Å². The molecule has 2 rings (SSSR count). The van der Waals surface area contributed by atoms with E-state index in [1.165, 1.54) is 6.07 Å². The van der Waals surface area contributed by atoms with Crippen molar-refractivity contribution < 1.29 is 14.7 Å². The Bertz CT molecular complexity index is 477. The molecule has 1 aromatic rings. The minimum Gasteiger partial charge on any atom is -0.507 e. The van der Waals surface area contributed by atoms with E-state index in [1.54, 1.807) is 12.1 Å². The average molecular weight is 312 g/mol. The molecule has 1 aliphatic carbocycles. The van der Waals surface area contributed by atoms with Crippen LogP contribution in [0.3, 0.4) is 0 Å². The Kier molecular flexibility index (Phi) is 4.01. The lowest BCUT2D eigenvalue weighted by atomic mass is 9.94. The number of benzene rings is 1. The van der Waals surface area contributed by atoms with Crippen molar-refractivity contribution in [3.63, 3.8) is 0 Å². The Labute approximate surface area is 114 Å². The summed E-state index contributed by atoms with van der Waals surface area (Å²) < 4.78 is 0.558. The third-order valence-electron chi connectivity index (χ3n) is 3.09. The Morgan fingerprint density at radius 2 is 2.00 bits per heavy atom. The molecule has 0 aromatic heterocycles. The molecule has 0 bridgehead atoms. The molecule has 0 atom stereocenters. The lowest BCUT2D eigenvalue weighted by molar-refractivity contribution is -0.120. The first-order valence-corrected chi connectivity index (χ1v) is 6.66. The van der Waals surface area contributed by atoms with Crippen molar-refractivity contribution in [1.82, 2.24) is 5.32 Å². The number of ketones is 1. The molecule has 1 amide bonds. The second-order valence-electron chi connectivity index (χ2n) is 4.45. The van der Waals surface area contributed by atoms with E-state index in [4.69, 9.17) is 0 Å². The predicted molar refractivity (Wildman–Crippen MR) is 70.5 cm³/mol. The van der Waals surface area contributed by atoms with Gasteiger partial charge in [0.05, 0.1) is 4.47 Å². The fourth-order valence-corrected chi connectivity index (χ4v) is 2.25. The number of nitrogens with one attached hydrogen (secondary N) is 1. The van der Waals surface area contributed by atoms with Crippen molar-refractivity contribution in [3.05, 3.63) is 28.2 Å². The molecule has 1 aliphatic rings. The number of phenols is 1. The highest BCUT2D eigenvalue weighted by Gasteiger charge is 2.20. The zero-order valence-corrected chi connectivity index (χ0v) is 11.4.